The van der Waals surface area contributed by atoms with Gasteiger partial charge in [-0.25, -0.2) is 4.79 Å². The van der Waals surface area contributed by atoms with Gasteiger partial charge in [-0.05, 0) is 62.1 Å². The highest BCUT2D eigenvalue weighted by atomic mass is 16.5. The lowest BCUT2D eigenvalue weighted by atomic mass is 10.1. The summed E-state index contributed by atoms with van der Waals surface area (Å²) < 4.78 is 10.5. The van der Waals surface area contributed by atoms with Crippen molar-refractivity contribution >= 4 is 11.9 Å². The summed E-state index contributed by atoms with van der Waals surface area (Å²) in [5.74, 6) is 0.171. The zero-order valence-corrected chi connectivity index (χ0v) is 19.1. The van der Waals surface area contributed by atoms with E-state index in [9.17, 15) is 9.59 Å². The fourth-order valence-corrected chi connectivity index (χ4v) is 3.72. The van der Waals surface area contributed by atoms with Gasteiger partial charge < -0.3 is 19.4 Å². The predicted molar refractivity (Wildman–Crippen MR) is 124 cm³/mol. The van der Waals surface area contributed by atoms with E-state index in [1.165, 1.54) is 0 Å². The van der Waals surface area contributed by atoms with E-state index in [0.29, 0.717) is 36.7 Å². The van der Waals surface area contributed by atoms with Crippen molar-refractivity contribution in [2.75, 3.05) is 20.3 Å². The van der Waals surface area contributed by atoms with E-state index in [2.05, 4.69) is 17.1 Å². The maximum absolute atomic E-state index is 13.5. The largest absolute Gasteiger partial charge is 0.497 e. The van der Waals surface area contributed by atoms with Gasteiger partial charge in [0.1, 0.15) is 11.4 Å². The Morgan fingerprint density at radius 2 is 1.78 bits per heavy atom. The Bertz CT molecular complexity index is 1070. The number of aromatic amines is 1. The first kappa shape index (κ1) is 23.1. The summed E-state index contributed by atoms with van der Waals surface area (Å²) in [5.41, 5.74) is 4.76. The Labute approximate surface area is 189 Å². The SMILES string of the molecule is CCOC(=O)c1[nH]c(C)c(CN(CCc2ccccc2)C(=O)c2cccc(OC)c2)c1C. The average molecular weight is 435 g/mol. The van der Waals surface area contributed by atoms with E-state index in [-0.39, 0.29) is 11.9 Å². The Kier molecular flexibility index (Phi) is 7.71. The van der Waals surface area contributed by atoms with E-state index >= 15 is 0 Å². The molecule has 0 saturated heterocycles. The number of hydrogen-bond acceptors (Lipinski definition) is 4. The number of hydrogen-bond donors (Lipinski definition) is 1. The van der Waals surface area contributed by atoms with Crippen molar-refractivity contribution in [3.63, 3.8) is 0 Å². The molecule has 0 fully saturated rings. The number of benzene rings is 2. The molecule has 0 atom stereocenters. The smallest absolute Gasteiger partial charge is 0.355 e. The number of carbonyl (C=O) groups is 2. The molecule has 0 unspecified atom stereocenters. The van der Waals surface area contributed by atoms with Gasteiger partial charge in [-0.1, -0.05) is 36.4 Å². The van der Waals surface area contributed by atoms with Crippen LogP contribution < -0.4 is 4.74 Å². The van der Waals surface area contributed by atoms with Crippen LogP contribution in [0.15, 0.2) is 54.6 Å². The van der Waals surface area contributed by atoms with Crippen molar-refractivity contribution in [1.82, 2.24) is 9.88 Å². The quantitative estimate of drug-likeness (QED) is 0.496. The van der Waals surface area contributed by atoms with Gasteiger partial charge in [-0.2, -0.15) is 0 Å². The Hall–Kier alpha value is -3.54. The van der Waals surface area contributed by atoms with Crippen LogP contribution in [0.25, 0.3) is 0 Å². The summed E-state index contributed by atoms with van der Waals surface area (Å²) in [6.07, 6.45) is 0.726. The van der Waals surface area contributed by atoms with Gasteiger partial charge in [0.15, 0.2) is 0 Å². The van der Waals surface area contributed by atoms with Crippen LogP contribution in [-0.2, 0) is 17.7 Å². The minimum absolute atomic E-state index is 0.0856. The second-order valence-electron chi connectivity index (χ2n) is 7.64. The van der Waals surface area contributed by atoms with Gasteiger partial charge in [0.2, 0.25) is 0 Å². The second kappa shape index (κ2) is 10.7. The molecule has 1 amide bonds. The third-order valence-corrected chi connectivity index (χ3v) is 5.54. The fraction of sp³-hybridized carbons (Fsp3) is 0.308. The maximum atomic E-state index is 13.5. The van der Waals surface area contributed by atoms with E-state index in [1.54, 1.807) is 26.2 Å². The normalized spacial score (nSPS) is 10.6. The number of H-pyrrole nitrogens is 1. The molecule has 1 aromatic heterocycles. The molecule has 32 heavy (non-hydrogen) atoms. The molecule has 0 aliphatic heterocycles. The number of aromatic nitrogens is 1. The molecular formula is C26H30N2O4. The number of aryl methyl sites for hydroxylation is 1. The van der Waals surface area contributed by atoms with Crippen molar-refractivity contribution in [2.24, 2.45) is 0 Å². The van der Waals surface area contributed by atoms with Crippen LogP contribution in [0.4, 0.5) is 0 Å². The summed E-state index contributed by atoms with van der Waals surface area (Å²) >= 11 is 0. The Balaban J connectivity index is 1.90. The second-order valence-corrected chi connectivity index (χ2v) is 7.64. The van der Waals surface area contributed by atoms with Gasteiger partial charge in [0.05, 0.1) is 13.7 Å². The summed E-state index contributed by atoms with van der Waals surface area (Å²) in [7, 11) is 1.58. The molecule has 168 valence electrons. The van der Waals surface area contributed by atoms with Crippen molar-refractivity contribution in [3.8, 4) is 5.75 Å². The standard InChI is InChI=1S/C26H30N2O4/c1-5-32-26(30)24-18(2)23(19(3)27-24)17-28(15-14-20-10-7-6-8-11-20)25(29)21-12-9-13-22(16-21)31-4/h6-13,16,27H,5,14-15,17H2,1-4H3. The number of rotatable bonds is 9. The van der Waals surface area contributed by atoms with Gasteiger partial charge in [-0.15, -0.1) is 0 Å². The third-order valence-electron chi connectivity index (χ3n) is 5.54. The molecule has 6 nitrogen and oxygen atoms in total. The van der Waals surface area contributed by atoms with E-state index < -0.39 is 0 Å². The minimum Gasteiger partial charge on any atom is -0.497 e. The number of esters is 1. The van der Waals surface area contributed by atoms with Gasteiger partial charge in [-0.3, -0.25) is 4.79 Å². The molecule has 3 aromatic rings. The van der Waals surface area contributed by atoms with Crippen LogP contribution >= 0.6 is 0 Å². The zero-order valence-electron chi connectivity index (χ0n) is 19.1. The Morgan fingerprint density at radius 1 is 1.03 bits per heavy atom. The van der Waals surface area contributed by atoms with E-state index in [1.807, 2.05) is 49.1 Å². The minimum atomic E-state index is -0.380. The number of carbonyl (C=O) groups excluding carboxylic acids is 2. The summed E-state index contributed by atoms with van der Waals surface area (Å²) in [4.78, 5) is 30.7. The van der Waals surface area contributed by atoms with Crippen molar-refractivity contribution in [1.29, 1.82) is 0 Å². The van der Waals surface area contributed by atoms with Gasteiger partial charge >= 0.3 is 5.97 Å². The molecule has 0 aliphatic carbocycles. The van der Waals surface area contributed by atoms with Crippen LogP contribution in [0.1, 0.15) is 50.2 Å². The van der Waals surface area contributed by atoms with Crippen LogP contribution in [0.2, 0.25) is 0 Å². The highest BCUT2D eigenvalue weighted by Gasteiger charge is 2.23. The number of ether oxygens (including phenoxy) is 2. The predicted octanol–water partition coefficient (Wildman–Crippen LogP) is 4.70. The van der Waals surface area contributed by atoms with Crippen LogP contribution in [0, 0.1) is 13.8 Å². The highest BCUT2D eigenvalue weighted by Crippen LogP contribution is 2.23. The fourth-order valence-electron chi connectivity index (χ4n) is 3.72. The van der Waals surface area contributed by atoms with Crippen LogP contribution in [-0.4, -0.2) is 42.0 Å². The lowest BCUT2D eigenvalue weighted by Gasteiger charge is -2.24. The van der Waals surface area contributed by atoms with Crippen molar-refractivity contribution < 1.29 is 19.1 Å². The van der Waals surface area contributed by atoms with Crippen molar-refractivity contribution in [3.05, 3.63) is 88.2 Å². The molecule has 6 heteroatoms. The highest BCUT2D eigenvalue weighted by molar-refractivity contribution is 5.95. The lowest BCUT2D eigenvalue weighted by molar-refractivity contribution is 0.0519. The topological polar surface area (TPSA) is 71.6 Å². The Morgan fingerprint density at radius 3 is 2.47 bits per heavy atom. The van der Waals surface area contributed by atoms with Gasteiger partial charge in [0.25, 0.3) is 5.91 Å². The monoisotopic (exact) mass is 434 g/mol. The van der Waals surface area contributed by atoms with Crippen LogP contribution in [0.3, 0.4) is 0 Å². The average Bonchev–Trinajstić information content (AvgIpc) is 3.10. The molecule has 3 rings (SSSR count). The van der Waals surface area contributed by atoms with Crippen LogP contribution in [0.5, 0.6) is 5.75 Å². The molecule has 0 spiro atoms. The molecule has 1 N–H and O–H groups in total. The summed E-state index contributed by atoms with van der Waals surface area (Å²) in [6.45, 7) is 6.81. The summed E-state index contributed by atoms with van der Waals surface area (Å²) in [6, 6.07) is 17.3. The first-order chi connectivity index (χ1) is 15.4. The first-order valence-corrected chi connectivity index (χ1v) is 10.8. The van der Waals surface area contributed by atoms with E-state index in [4.69, 9.17) is 9.47 Å². The van der Waals surface area contributed by atoms with E-state index in [0.717, 1.165) is 28.8 Å². The number of amides is 1. The molecule has 0 saturated carbocycles. The molecule has 0 radical (unpaired) electrons. The molecule has 0 bridgehead atoms. The number of methoxy groups -OCH3 is 1. The lowest BCUT2D eigenvalue weighted by Crippen LogP contribution is -2.33. The molecule has 0 aliphatic rings. The third kappa shape index (κ3) is 5.38. The first-order valence-electron chi connectivity index (χ1n) is 10.8. The maximum Gasteiger partial charge on any atom is 0.355 e. The molecular weight excluding hydrogens is 404 g/mol. The molecule has 1 heterocycles. The van der Waals surface area contributed by atoms with Crippen molar-refractivity contribution in [2.45, 2.75) is 33.7 Å². The molecule has 2 aromatic carbocycles. The number of nitrogens with one attached hydrogen (secondary N) is 1. The number of nitrogens with zero attached hydrogens (tertiary/aromatic N) is 1. The summed E-state index contributed by atoms with van der Waals surface area (Å²) in [5, 5.41) is 0. The zero-order chi connectivity index (χ0) is 23.1. The van der Waals surface area contributed by atoms with Gasteiger partial charge in [0, 0.05) is 24.3 Å².